The van der Waals surface area contributed by atoms with Crippen LogP contribution in [0.25, 0.3) is 22.3 Å². The summed E-state index contributed by atoms with van der Waals surface area (Å²) < 4.78 is 114. The van der Waals surface area contributed by atoms with E-state index in [9.17, 15) is 29.8 Å². The first-order valence-electron chi connectivity index (χ1n) is 26.9. The summed E-state index contributed by atoms with van der Waals surface area (Å²) in [5.74, 6) is 2.27. The molecular formula is C66H70O11S3. The Morgan fingerprint density at radius 2 is 0.812 bits per heavy atom. The largest absolute Gasteiger partial charge is 0.491 e. The van der Waals surface area contributed by atoms with Gasteiger partial charge in [-0.1, -0.05) is 108 Å². The van der Waals surface area contributed by atoms with Crippen LogP contribution in [0.3, 0.4) is 0 Å². The number of rotatable bonds is 23. The molecule has 8 aromatic rings. The van der Waals surface area contributed by atoms with Gasteiger partial charge in [-0.15, -0.1) is 0 Å². The number of sulfone groups is 2. The number of benzene rings is 8. The number of hydrogen-bond donors (Lipinski definition) is 1. The van der Waals surface area contributed by atoms with E-state index in [-0.39, 0.29) is 48.2 Å². The summed E-state index contributed by atoms with van der Waals surface area (Å²) in [6, 6.07) is 54.4. The van der Waals surface area contributed by atoms with Crippen molar-refractivity contribution in [2.75, 3.05) is 0 Å². The highest BCUT2D eigenvalue weighted by Crippen LogP contribution is 2.43. The Balaban J connectivity index is 0.886. The minimum Gasteiger partial charge on any atom is -0.491 e. The first kappa shape index (κ1) is 58.9. The quantitative estimate of drug-likeness (QED) is 0.0607. The lowest BCUT2D eigenvalue weighted by molar-refractivity contribution is 0.0242. The predicted octanol–water partition coefficient (Wildman–Crippen LogP) is 16.4. The lowest BCUT2D eigenvalue weighted by atomic mass is 9.68. The molecule has 0 spiro atoms. The maximum atomic E-state index is 14.0. The molecule has 2 unspecified atom stereocenters. The lowest BCUT2D eigenvalue weighted by Crippen LogP contribution is -2.49. The SMILES string of the molecule is CCC(C)Oc1ccc(-c2ccc(Oc3ccc(S(=O)(=O)c4ccc(C(C)(CC)C(C)(C)Oc5ccc(-c6ccc(Oc7ccc(S(=O)(=O)c8ccc(C(C)(CC)CC)cc8)cc7)cc6)cc5)cc4)cc3)c(CS(=O)(=O)O)c2)cc1. The molecule has 418 valence electrons. The van der Waals surface area contributed by atoms with Crippen molar-refractivity contribution in [1.29, 1.82) is 0 Å². The molecule has 0 aliphatic carbocycles. The molecule has 0 radical (unpaired) electrons. The Labute approximate surface area is 473 Å². The number of ether oxygens (including phenoxy) is 4. The molecular weight excluding hydrogens is 1060 g/mol. The van der Waals surface area contributed by atoms with Gasteiger partial charge in [-0.25, -0.2) is 16.8 Å². The molecule has 2 atom stereocenters. The van der Waals surface area contributed by atoms with Gasteiger partial charge in [0.15, 0.2) is 0 Å². The topological polar surface area (TPSA) is 160 Å². The van der Waals surface area contributed by atoms with Gasteiger partial charge in [0.25, 0.3) is 10.1 Å². The fourth-order valence-corrected chi connectivity index (χ4v) is 12.8. The lowest BCUT2D eigenvalue weighted by Gasteiger charge is -2.44. The van der Waals surface area contributed by atoms with E-state index < -0.39 is 46.6 Å². The zero-order valence-electron chi connectivity index (χ0n) is 46.8. The monoisotopic (exact) mass is 1130 g/mol. The summed E-state index contributed by atoms with van der Waals surface area (Å²) in [4.78, 5) is 0.604. The van der Waals surface area contributed by atoms with Crippen LogP contribution in [0.1, 0.15) is 105 Å². The van der Waals surface area contributed by atoms with Crippen molar-refractivity contribution in [3.05, 3.63) is 205 Å². The predicted molar refractivity (Wildman–Crippen MR) is 316 cm³/mol. The highest BCUT2D eigenvalue weighted by atomic mass is 32.2. The molecule has 0 amide bonds. The molecule has 0 heterocycles. The van der Waals surface area contributed by atoms with Crippen LogP contribution in [0.2, 0.25) is 0 Å². The Morgan fingerprint density at radius 1 is 0.438 bits per heavy atom. The van der Waals surface area contributed by atoms with Gasteiger partial charge in [0.05, 0.1) is 25.7 Å². The summed E-state index contributed by atoms with van der Waals surface area (Å²) >= 11 is 0. The standard InChI is InChI=1S/C66H70O11S3/c1-10-46(5)74-54-25-16-49(17-26-54)50-20-43-63(51(44-50)45-78(67,68)69)76-57-33-41-62(42-34-57)80(72,73)60-37-23-53(24-38-60)66(9,13-4)64(6,7)77-58-29-18-48(19-30-58)47-14-27-55(28-15-47)75-56-31-39-61(40-32-56)79(70,71)59-35-21-52(22-36-59)65(8,11-2)12-3/h14-44,46H,10-13,45H2,1-9H3,(H,67,68,69). The third-order valence-electron chi connectivity index (χ3n) is 15.9. The maximum Gasteiger partial charge on any atom is 0.269 e. The van der Waals surface area contributed by atoms with Gasteiger partial charge in [0.2, 0.25) is 19.7 Å². The van der Waals surface area contributed by atoms with Crippen LogP contribution in [0, 0.1) is 0 Å². The highest BCUT2D eigenvalue weighted by molar-refractivity contribution is 7.91. The number of hydrogen-bond acceptors (Lipinski definition) is 10. The third kappa shape index (κ3) is 13.2. The van der Waals surface area contributed by atoms with Gasteiger partial charge in [0.1, 0.15) is 45.9 Å². The fourth-order valence-electron chi connectivity index (χ4n) is 9.63. The molecule has 0 aromatic heterocycles. The minimum absolute atomic E-state index is 0.00176. The van der Waals surface area contributed by atoms with Crippen molar-refractivity contribution in [2.24, 2.45) is 0 Å². The summed E-state index contributed by atoms with van der Waals surface area (Å²) in [5.41, 5.74) is 4.41. The Bertz CT molecular complexity index is 3750. The molecule has 0 saturated carbocycles. The second kappa shape index (κ2) is 23.8. The highest BCUT2D eigenvalue weighted by Gasteiger charge is 2.43. The van der Waals surface area contributed by atoms with Gasteiger partial charge in [0, 0.05) is 11.0 Å². The van der Waals surface area contributed by atoms with Crippen LogP contribution in [0.15, 0.2) is 208 Å². The first-order chi connectivity index (χ1) is 37.9. The fraction of sp³-hybridized carbons (Fsp3) is 0.273. The molecule has 1 N–H and O–H groups in total. The van der Waals surface area contributed by atoms with Crippen molar-refractivity contribution in [1.82, 2.24) is 0 Å². The van der Waals surface area contributed by atoms with Crippen molar-refractivity contribution >= 4 is 29.8 Å². The summed E-state index contributed by atoms with van der Waals surface area (Å²) in [6.07, 6.45) is 3.53. The molecule has 80 heavy (non-hydrogen) atoms. The van der Waals surface area contributed by atoms with Crippen molar-refractivity contribution in [2.45, 2.75) is 136 Å². The summed E-state index contributed by atoms with van der Waals surface area (Å²) in [5, 5.41) is 0. The molecule has 14 heteroatoms. The molecule has 0 bridgehead atoms. The van der Waals surface area contributed by atoms with E-state index in [2.05, 4.69) is 34.6 Å². The molecule has 0 saturated heterocycles. The molecule has 8 aromatic carbocycles. The Morgan fingerprint density at radius 3 is 1.24 bits per heavy atom. The normalized spacial score (nSPS) is 13.5. The first-order valence-corrected chi connectivity index (χ1v) is 31.5. The summed E-state index contributed by atoms with van der Waals surface area (Å²) in [6.45, 7) is 18.8. The maximum absolute atomic E-state index is 14.0. The van der Waals surface area contributed by atoms with Gasteiger partial charge >= 0.3 is 0 Å². The summed E-state index contributed by atoms with van der Waals surface area (Å²) in [7, 11) is -12.1. The van der Waals surface area contributed by atoms with Crippen molar-refractivity contribution in [3.63, 3.8) is 0 Å². The third-order valence-corrected chi connectivity index (χ3v) is 20.2. The van der Waals surface area contributed by atoms with E-state index in [0.717, 1.165) is 47.1 Å². The average molecular weight is 1140 g/mol. The zero-order valence-corrected chi connectivity index (χ0v) is 49.2. The van der Waals surface area contributed by atoms with E-state index in [4.69, 9.17) is 18.9 Å². The van der Waals surface area contributed by atoms with Crippen LogP contribution in [0.4, 0.5) is 0 Å². The Kier molecular flexibility index (Phi) is 17.6. The van der Waals surface area contributed by atoms with Gasteiger partial charge in [-0.05, 0) is 207 Å². The van der Waals surface area contributed by atoms with Gasteiger partial charge < -0.3 is 18.9 Å². The van der Waals surface area contributed by atoms with Crippen molar-refractivity contribution in [3.8, 4) is 56.8 Å². The smallest absolute Gasteiger partial charge is 0.269 e. The van der Waals surface area contributed by atoms with Crippen LogP contribution < -0.4 is 18.9 Å². The van der Waals surface area contributed by atoms with Gasteiger partial charge in [-0.3, -0.25) is 4.55 Å². The van der Waals surface area contributed by atoms with E-state index in [1.165, 1.54) is 24.3 Å². The molecule has 11 nitrogen and oxygen atoms in total. The molecule has 0 aliphatic rings. The Hall–Kier alpha value is -7.23. The second-order valence-corrected chi connectivity index (χ2v) is 26.6. The molecule has 8 rings (SSSR count). The van der Waals surface area contributed by atoms with Crippen LogP contribution in [-0.4, -0.2) is 41.5 Å². The zero-order chi connectivity index (χ0) is 57.7. The van der Waals surface area contributed by atoms with Crippen LogP contribution in [0.5, 0.6) is 34.5 Å². The van der Waals surface area contributed by atoms with E-state index in [0.29, 0.717) is 35.0 Å². The van der Waals surface area contributed by atoms with E-state index >= 15 is 0 Å². The minimum atomic E-state index is -4.44. The average Bonchev–Trinajstić information content (AvgIpc) is 3.50. The second-order valence-electron chi connectivity index (χ2n) is 21.2. The van der Waals surface area contributed by atoms with Gasteiger partial charge in [-0.2, -0.15) is 8.42 Å². The molecule has 0 fully saturated rings. The van der Waals surface area contributed by atoms with E-state index in [1.54, 1.807) is 66.7 Å². The van der Waals surface area contributed by atoms with Crippen LogP contribution >= 0.6 is 0 Å². The van der Waals surface area contributed by atoms with Crippen LogP contribution in [-0.2, 0) is 46.4 Å². The van der Waals surface area contributed by atoms with Crippen molar-refractivity contribution < 1.29 is 48.8 Å². The van der Waals surface area contributed by atoms with E-state index in [1.807, 2.05) is 125 Å². The molecule has 0 aliphatic heterocycles.